The van der Waals surface area contributed by atoms with E-state index in [1.54, 1.807) is 0 Å². The molecular weight excluding hydrogens is 248 g/mol. The van der Waals surface area contributed by atoms with Crippen LogP contribution in [-0.2, 0) is 11.2 Å². The van der Waals surface area contributed by atoms with Crippen molar-refractivity contribution >= 4 is 5.91 Å². The Kier molecular flexibility index (Phi) is 4.48. The van der Waals surface area contributed by atoms with Crippen LogP contribution in [0.3, 0.4) is 0 Å². The Hall–Kier alpha value is -1.35. The summed E-state index contributed by atoms with van der Waals surface area (Å²) in [7, 11) is 0. The lowest BCUT2D eigenvalue weighted by Gasteiger charge is -2.41. The maximum absolute atomic E-state index is 12.4. The van der Waals surface area contributed by atoms with Gasteiger partial charge in [0.15, 0.2) is 0 Å². The number of carbonyl (C=O) groups excluding carboxylic acids is 1. The summed E-state index contributed by atoms with van der Waals surface area (Å²) in [5, 5.41) is 3.20. The maximum Gasteiger partial charge on any atom is 0.227 e. The van der Waals surface area contributed by atoms with E-state index in [9.17, 15) is 4.79 Å². The Morgan fingerprint density at radius 1 is 1.30 bits per heavy atom. The first kappa shape index (κ1) is 15.0. The topological polar surface area (TPSA) is 55.1 Å². The monoisotopic (exact) mass is 274 g/mol. The van der Waals surface area contributed by atoms with Crippen LogP contribution >= 0.6 is 0 Å². The summed E-state index contributed by atoms with van der Waals surface area (Å²) in [5.74, 6) is 0.143. The van der Waals surface area contributed by atoms with Crippen LogP contribution in [0.15, 0.2) is 30.3 Å². The average molecular weight is 274 g/mol. The van der Waals surface area contributed by atoms with Gasteiger partial charge in [0.25, 0.3) is 0 Å². The van der Waals surface area contributed by atoms with Gasteiger partial charge in [0.05, 0.1) is 5.41 Å². The highest BCUT2D eigenvalue weighted by Crippen LogP contribution is 2.40. The molecule has 0 aromatic heterocycles. The summed E-state index contributed by atoms with van der Waals surface area (Å²) in [4.78, 5) is 12.4. The molecular formula is C17H26N2O. The predicted molar refractivity (Wildman–Crippen MR) is 82.3 cm³/mol. The summed E-state index contributed by atoms with van der Waals surface area (Å²) in [6.45, 7) is 4.65. The maximum atomic E-state index is 12.4. The molecule has 1 amide bonds. The number of nitrogens with one attached hydrogen (secondary N) is 1. The van der Waals surface area contributed by atoms with Crippen molar-refractivity contribution in [2.24, 2.45) is 11.1 Å². The number of carbonyl (C=O) groups is 1. The number of hydrogen-bond acceptors (Lipinski definition) is 2. The Bertz CT molecular complexity index is 444. The van der Waals surface area contributed by atoms with Crippen molar-refractivity contribution in [1.82, 2.24) is 5.32 Å². The number of rotatable bonds is 6. The third kappa shape index (κ3) is 3.40. The first-order chi connectivity index (χ1) is 9.47. The Balaban J connectivity index is 1.89. The minimum atomic E-state index is -0.288. The van der Waals surface area contributed by atoms with Gasteiger partial charge in [0, 0.05) is 12.1 Å². The van der Waals surface area contributed by atoms with Crippen LogP contribution < -0.4 is 11.1 Å². The molecule has 1 aliphatic rings. The summed E-state index contributed by atoms with van der Waals surface area (Å²) in [6.07, 6.45) is 4.90. The Morgan fingerprint density at radius 2 is 1.95 bits per heavy atom. The Morgan fingerprint density at radius 3 is 2.45 bits per heavy atom. The molecule has 1 saturated carbocycles. The van der Waals surface area contributed by atoms with E-state index in [1.807, 2.05) is 6.07 Å². The summed E-state index contributed by atoms with van der Waals surface area (Å²) in [5.41, 5.74) is 6.63. The average Bonchev–Trinajstić information content (AvgIpc) is 2.36. The van der Waals surface area contributed by atoms with Crippen LogP contribution in [0.4, 0.5) is 0 Å². The molecule has 0 aliphatic heterocycles. The fraction of sp³-hybridized carbons (Fsp3) is 0.588. The molecule has 20 heavy (non-hydrogen) atoms. The lowest BCUT2D eigenvalue weighted by atomic mass is 9.68. The van der Waals surface area contributed by atoms with Gasteiger partial charge >= 0.3 is 0 Å². The van der Waals surface area contributed by atoms with Gasteiger partial charge in [-0.05, 0) is 45.1 Å². The van der Waals surface area contributed by atoms with Crippen molar-refractivity contribution in [1.29, 1.82) is 0 Å². The molecule has 0 bridgehead atoms. The van der Waals surface area contributed by atoms with Gasteiger partial charge in [0.1, 0.15) is 0 Å². The molecule has 3 N–H and O–H groups in total. The first-order valence-electron chi connectivity index (χ1n) is 7.54. The summed E-state index contributed by atoms with van der Waals surface area (Å²) < 4.78 is 0. The zero-order valence-electron chi connectivity index (χ0n) is 12.6. The quantitative estimate of drug-likeness (QED) is 0.838. The molecule has 110 valence electrons. The van der Waals surface area contributed by atoms with Crippen molar-refractivity contribution in [3.63, 3.8) is 0 Å². The molecule has 0 saturated heterocycles. The number of hydrogen-bond donors (Lipinski definition) is 2. The number of nitrogens with two attached hydrogens (primary N) is 1. The molecule has 1 aromatic rings. The smallest absolute Gasteiger partial charge is 0.227 e. The predicted octanol–water partition coefficient (Wildman–Crippen LogP) is 2.64. The van der Waals surface area contributed by atoms with Gasteiger partial charge in [-0.25, -0.2) is 0 Å². The van der Waals surface area contributed by atoms with E-state index < -0.39 is 0 Å². The number of aryl methyl sites for hydroxylation is 1. The number of amides is 1. The van der Waals surface area contributed by atoms with Crippen molar-refractivity contribution in [3.8, 4) is 0 Å². The highest BCUT2D eigenvalue weighted by atomic mass is 16.2. The lowest BCUT2D eigenvalue weighted by Crippen LogP contribution is -2.56. The molecule has 1 fully saturated rings. The van der Waals surface area contributed by atoms with Crippen molar-refractivity contribution < 1.29 is 4.79 Å². The van der Waals surface area contributed by atoms with Gasteiger partial charge in [-0.1, -0.05) is 36.8 Å². The largest absolute Gasteiger partial charge is 0.351 e. The van der Waals surface area contributed by atoms with Gasteiger partial charge in [-0.3, -0.25) is 4.79 Å². The van der Waals surface area contributed by atoms with Crippen LogP contribution in [0, 0.1) is 5.41 Å². The van der Waals surface area contributed by atoms with Crippen LogP contribution in [0.2, 0.25) is 0 Å². The zero-order chi connectivity index (χ0) is 14.6. The van der Waals surface area contributed by atoms with Crippen LogP contribution in [0.25, 0.3) is 0 Å². The van der Waals surface area contributed by atoms with Crippen molar-refractivity contribution in [2.75, 3.05) is 6.54 Å². The lowest BCUT2D eigenvalue weighted by molar-refractivity contribution is -0.137. The van der Waals surface area contributed by atoms with Gasteiger partial charge in [-0.2, -0.15) is 0 Å². The van der Waals surface area contributed by atoms with Gasteiger partial charge in [-0.15, -0.1) is 0 Å². The van der Waals surface area contributed by atoms with Crippen LogP contribution in [-0.4, -0.2) is 18.0 Å². The molecule has 0 spiro atoms. The van der Waals surface area contributed by atoms with Crippen LogP contribution in [0.1, 0.15) is 45.1 Å². The number of benzene rings is 1. The third-order valence-corrected chi connectivity index (χ3v) is 4.52. The van der Waals surface area contributed by atoms with E-state index >= 15 is 0 Å². The fourth-order valence-electron chi connectivity index (χ4n) is 2.73. The summed E-state index contributed by atoms with van der Waals surface area (Å²) in [6, 6.07) is 10.4. The van der Waals surface area contributed by atoms with Crippen LogP contribution in [0.5, 0.6) is 0 Å². The van der Waals surface area contributed by atoms with E-state index in [0.717, 1.165) is 32.1 Å². The zero-order valence-corrected chi connectivity index (χ0v) is 12.6. The second-order valence-electron chi connectivity index (χ2n) is 6.66. The normalized spacial score (nSPS) is 17.4. The minimum Gasteiger partial charge on any atom is -0.351 e. The highest BCUT2D eigenvalue weighted by Gasteiger charge is 2.44. The van der Waals surface area contributed by atoms with Crippen molar-refractivity contribution in [3.05, 3.63) is 35.9 Å². The van der Waals surface area contributed by atoms with E-state index in [2.05, 4.69) is 43.4 Å². The highest BCUT2D eigenvalue weighted by molar-refractivity contribution is 5.84. The van der Waals surface area contributed by atoms with Gasteiger partial charge in [0.2, 0.25) is 5.91 Å². The Labute approximate surface area is 121 Å². The summed E-state index contributed by atoms with van der Waals surface area (Å²) >= 11 is 0. The fourth-order valence-corrected chi connectivity index (χ4v) is 2.73. The van der Waals surface area contributed by atoms with E-state index in [4.69, 9.17) is 5.73 Å². The SMILES string of the molecule is CC(C)(CCc1ccccc1)NC(=O)C1(CN)CCC1. The van der Waals surface area contributed by atoms with E-state index in [1.165, 1.54) is 5.56 Å². The molecule has 0 unspecified atom stereocenters. The second-order valence-corrected chi connectivity index (χ2v) is 6.66. The molecule has 0 atom stereocenters. The molecule has 3 nitrogen and oxygen atoms in total. The second kappa shape index (κ2) is 5.96. The molecule has 2 rings (SSSR count). The molecule has 1 aliphatic carbocycles. The molecule has 0 radical (unpaired) electrons. The van der Waals surface area contributed by atoms with E-state index in [-0.39, 0.29) is 16.9 Å². The third-order valence-electron chi connectivity index (χ3n) is 4.52. The van der Waals surface area contributed by atoms with Crippen molar-refractivity contribution in [2.45, 2.75) is 51.5 Å². The van der Waals surface area contributed by atoms with Gasteiger partial charge < -0.3 is 11.1 Å². The first-order valence-corrected chi connectivity index (χ1v) is 7.54. The molecule has 3 heteroatoms. The minimum absolute atomic E-state index is 0.143. The standard InChI is InChI=1S/C17H26N2O/c1-16(2,12-9-14-7-4-3-5-8-14)19-15(20)17(13-18)10-6-11-17/h3-5,7-8H,6,9-13,18H2,1-2H3,(H,19,20). The molecule has 0 heterocycles. The molecule has 1 aromatic carbocycles. The van der Waals surface area contributed by atoms with E-state index in [0.29, 0.717) is 6.54 Å².